The molecule has 1 amide bonds. The minimum absolute atomic E-state index is 0.0626. The lowest BCUT2D eigenvalue weighted by Gasteiger charge is -2.30. The first kappa shape index (κ1) is 15.9. The van der Waals surface area contributed by atoms with E-state index in [4.69, 9.17) is 0 Å². The molecule has 0 aliphatic carbocycles. The summed E-state index contributed by atoms with van der Waals surface area (Å²) in [5.74, 6) is 0.0299. The Morgan fingerprint density at radius 2 is 2.35 bits per heavy atom. The van der Waals surface area contributed by atoms with E-state index >= 15 is 0 Å². The average molecular weight is 336 g/mol. The van der Waals surface area contributed by atoms with E-state index in [9.17, 15) is 13.2 Å². The Morgan fingerprint density at radius 1 is 1.52 bits per heavy atom. The number of aromatic nitrogens is 2. The van der Waals surface area contributed by atoms with Gasteiger partial charge in [-0.2, -0.15) is 0 Å². The standard InChI is InChI=1S/C15H20N4O3S/c1-2-23(21,22)19-7-3-4-12(10-19)15(20)18-14-8-11-5-6-16-13(11)9-17-14/h5-6,8-9,12,16H,2-4,7,10H2,1H3,(H,17,18,20). The average Bonchev–Trinajstić information content (AvgIpc) is 3.02. The van der Waals surface area contributed by atoms with Crippen molar-refractivity contribution in [3.05, 3.63) is 24.5 Å². The largest absolute Gasteiger partial charge is 0.360 e. The molecule has 1 fully saturated rings. The molecule has 3 heterocycles. The summed E-state index contributed by atoms with van der Waals surface area (Å²) in [5, 5.41) is 3.76. The molecule has 0 bridgehead atoms. The molecule has 0 spiro atoms. The van der Waals surface area contributed by atoms with Crippen LogP contribution < -0.4 is 5.32 Å². The fraction of sp³-hybridized carbons (Fsp3) is 0.467. The van der Waals surface area contributed by atoms with Gasteiger partial charge >= 0.3 is 0 Å². The molecule has 2 aromatic heterocycles. The van der Waals surface area contributed by atoms with Crippen molar-refractivity contribution in [3.63, 3.8) is 0 Å². The Morgan fingerprint density at radius 3 is 3.13 bits per heavy atom. The number of H-pyrrole nitrogens is 1. The van der Waals surface area contributed by atoms with E-state index in [2.05, 4.69) is 15.3 Å². The first-order chi connectivity index (χ1) is 11.0. The Labute approximate surface area is 135 Å². The van der Waals surface area contributed by atoms with Gasteiger partial charge in [0.2, 0.25) is 15.9 Å². The highest BCUT2D eigenvalue weighted by Gasteiger charge is 2.31. The normalized spacial score (nSPS) is 19.8. The zero-order valence-electron chi connectivity index (χ0n) is 12.9. The van der Waals surface area contributed by atoms with Crippen molar-refractivity contribution in [3.8, 4) is 0 Å². The number of fused-ring (bicyclic) bond motifs is 1. The van der Waals surface area contributed by atoms with Crippen LogP contribution in [0.4, 0.5) is 5.82 Å². The predicted molar refractivity (Wildman–Crippen MR) is 88.5 cm³/mol. The Hall–Kier alpha value is -1.93. The van der Waals surface area contributed by atoms with Crippen LogP contribution in [0.15, 0.2) is 24.5 Å². The molecule has 1 aliphatic heterocycles. The minimum atomic E-state index is -3.25. The van der Waals surface area contributed by atoms with Crippen molar-refractivity contribution in [1.29, 1.82) is 0 Å². The lowest BCUT2D eigenvalue weighted by Crippen LogP contribution is -2.44. The van der Waals surface area contributed by atoms with Gasteiger partial charge in [0.25, 0.3) is 0 Å². The molecule has 3 rings (SSSR count). The van der Waals surface area contributed by atoms with Crippen LogP contribution in [0.5, 0.6) is 0 Å². The molecule has 1 aliphatic rings. The van der Waals surface area contributed by atoms with Crippen molar-refractivity contribution < 1.29 is 13.2 Å². The lowest BCUT2D eigenvalue weighted by molar-refractivity contribution is -0.120. The zero-order valence-corrected chi connectivity index (χ0v) is 13.8. The summed E-state index contributed by atoms with van der Waals surface area (Å²) in [4.78, 5) is 19.7. The van der Waals surface area contributed by atoms with E-state index in [1.807, 2.05) is 12.3 Å². The van der Waals surface area contributed by atoms with Gasteiger partial charge in [-0.25, -0.2) is 17.7 Å². The van der Waals surface area contributed by atoms with Gasteiger partial charge in [-0.05, 0) is 31.9 Å². The first-order valence-corrected chi connectivity index (χ1v) is 9.32. The molecule has 1 saturated heterocycles. The van der Waals surface area contributed by atoms with E-state index < -0.39 is 10.0 Å². The summed E-state index contributed by atoms with van der Waals surface area (Å²) >= 11 is 0. The number of aromatic amines is 1. The van der Waals surface area contributed by atoms with E-state index in [0.717, 1.165) is 10.9 Å². The van der Waals surface area contributed by atoms with Gasteiger partial charge in [0, 0.05) is 24.7 Å². The number of hydrogen-bond acceptors (Lipinski definition) is 4. The second-order valence-electron chi connectivity index (χ2n) is 5.72. The molecule has 23 heavy (non-hydrogen) atoms. The number of nitrogens with one attached hydrogen (secondary N) is 2. The summed E-state index contributed by atoms with van der Waals surface area (Å²) in [6, 6.07) is 3.70. The Kier molecular flexibility index (Phi) is 4.36. The number of piperidine rings is 1. The number of carbonyl (C=O) groups excluding carboxylic acids is 1. The summed E-state index contributed by atoms with van der Waals surface area (Å²) < 4.78 is 25.4. The number of nitrogens with zero attached hydrogens (tertiary/aromatic N) is 2. The van der Waals surface area contributed by atoms with Gasteiger partial charge in [-0.3, -0.25) is 4.79 Å². The molecule has 0 radical (unpaired) electrons. The molecule has 8 heteroatoms. The summed E-state index contributed by atoms with van der Waals surface area (Å²) in [7, 11) is -3.25. The van der Waals surface area contributed by atoms with Crippen LogP contribution in [0, 0.1) is 5.92 Å². The van der Waals surface area contributed by atoms with Crippen molar-refractivity contribution in [1.82, 2.24) is 14.3 Å². The van der Waals surface area contributed by atoms with Crippen LogP contribution in [0.25, 0.3) is 10.9 Å². The zero-order chi connectivity index (χ0) is 16.4. The fourth-order valence-electron chi connectivity index (χ4n) is 2.84. The smallest absolute Gasteiger partial charge is 0.229 e. The van der Waals surface area contributed by atoms with Crippen molar-refractivity contribution in [2.24, 2.45) is 5.92 Å². The molecule has 2 aromatic rings. The number of pyridine rings is 1. The predicted octanol–water partition coefficient (Wildman–Crippen LogP) is 1.56. The Balaban J connectivity index is 1.70. The molecule has 2 N–H and O–H groups in total. The van der Waals surface area contributed by atoms with E-state index in [-0.39, 0.29) is 24.1 Å². The number of rotatable bonds is 4. The highest BCUT2D eigenvalue weighted by molar-refractivity contribution is 7.89. The molecule has 0 saturated carbocycles. The van der Waals surface area contributed by atoms with Crippen LogP contribution in [-0.4, -0.2) is 47.4 Å². The second-order valence-corrected chi connectivity index (χ2v) is 7.98. The number of anilines is 1. The van der Waals surface area contributed by atoms with Crippen LogP contribution in [0.3, 0.4) is 0 Å². The maximum Gasteiger partial charge on any atom is 0.229 e. The third-order valence-corrected chi connectivity index (χ3v) is 6.05. The highest BCUT2D eigenvalue weighted by Crippen LogP contribution is 2.22. The van der Waals surface area contributed by atoms with Crippen LogP contribution in [-0.2, 0) is 14.8 Å². The van der Waals surface area contributed by atoms with E-state index in [0.29, 0.717) is 25.2 Å². The van der Waals surface area contributed by atoms with Gasteiger partial charge in [-0.15, -0.1) is 0 Å². The van der Waals surface area contributed by atoms with Crippen molar-refractivity contribution in [2.45, 2.75) is 19.8 Å². The molecule has 124 valence electrons. The van der Waals surface area contributed by atoms with Crippen molar-refractivity contribution in [2.75, 3.05) is 24.2 Å². The number of hydrogen-bond donors (Lipinski definition) is 2. The third-order valence-electron chi connectivity index (χ3n) is 4.20. The third kappa shape index (κ3) is 3.37. The van der Waals surface area contributed by atoms with Gasteiger partial charge < -0.3 is 10.3 Å². The topological polar surface area (TPSA) is 95.2 Å². The van der Waals surface area contributed by atoms with E-state index in [1.165, 1.54) is 4.31 Å². The highest BCUT2D eigenvalue weighted by atomic mass is 32.2. The van der Waals surface area contributed by atoms with Gasteiger partial charge in [0.05, 0.1) is 23.4 Å². The van der Waals surface area contributed by atoms with Crippen molar-refractivity contribution >= 4 is 32.7 Å². The maximum atomic E-state index is 12.4. The van der Waals surface area contributed by atoms with Crippen LogP contribution in [0.1, 0.15) is 19.8 Å². The molecule has 7 nitrogen and oxygen atoms in total. The second kappa shape index (κ2) is 6.29. The van der Waals surface area contributed by atoms with Gasteiger partial charge in [-0.1, -0.05) is 0 Å². The number of carbonyl (C=O) groups is 1. The Bertz CT molecular complexity index is 815. The maximum absolute atomic E-state index is 12.4. The molecule has 1 unspecified atom stereocenters. The molecular formula is C15H20N4O3S. The monoisotopic (exact) mass is 336 g/mol. The molecule has 0 aromatic carbocycles. The lowest BCUT2D eigenvalue weighted by atomic mass is 9.99. The van der Waals surface area contributed by atoms with Crippen LogP contribution in [0.2, 0.25) is 0 Å². The minimum Gasteiger partial charge on any atom is -0.360 e. The fourth-order valence-corrected chi connectivity index (χ4v) is 4.02. The van der Waals surface area contributed by atoms with Gasteiger partial charge in [0.15, 0.2) is 0 Å². The van der Waals surface area contributed by atoms with Gasteiger partial charge in [0.1, 0.15) is 5.82 Å². The molecule has 1 atom stereocenters. The van der Waals surface area contributed by atoms with Crippen LogP contribution >= 0.6 is 0 Å². The first-order valence-electron chi connectivity index (χ1n) is 7.71. The SMILES string of the molecule is CCS(=O)(=O)N1CCCC(C(=O)Nc2cc3cc[nH]c3cn2)C1. The number of sulfonamides is 1. The summed E-state index contributed by atoms with van der Waals surface area (Å²) in [5.41, 5.74) is 0.904. The number of amides is 1. The quantitative estimate of drug-likeness (QED) is 0.886. The van der Waals surface area contributed by atoms with E-state index in [1.54, 1.807) is 19.2 Å². The summed E-state index contributed by atoms with van der Waals surface area (Å²) in [6.45, 7) is 2.36. The summed E-state index contributed by atoms with van der Waals surface area (Å²) in [6.07, 6.45) is 4.86. The molecular weight excluding hydrogens is 316 g/mol.